The van der Waals surface area contributed by atoms with Gasteiger partial charge < -0.3 is 13.7 Å². The fraction of sp³-hybridized carbons (Fsp3) is 0. The van der Waals surface area contributed by atoms with Crippen molar-refractivity contribution < 1.29 is 8.83 Å². The van der Waals surface area contributed by atoms with E-state index in [2.05, 4.69) is 205 Å². The van der Waals surface area contributed by atoms with E-state index < -0.39 is 0 Å². The first kappa shape index (κ1) is 33.8. The second-order valence-corrected chi connectivity index (χ2v) is 16.0. The highest BCUT2D eigenvalue weighted by Crippen LogP contribution is 2.49. The maximum absolute atomic E-state index is 7.36. The van der Waals surface area contributed by atoms with Crippen molar-refractivity contribution in [3.05, 3.63) is 212 Å². The highest BCUT2D eigenvalue weighted by molar-refractivity contribution is 6.27. The van der Waals surface area contributed by atoms with Crippen molar-refractivity contribution in [1.29, 1.82) is 0 Å². The highest BCUT2D eigenvalue weighted by atomic mass is 16.3. The van der Waals surface area contributed by atoms with Gasteiger partial charge in [0, 0.05) is 32.8 Å². The predicted molar refractivity (Wildman–Crippen MR) is 257 cm³/mol. The van der Waals surface area contributed by atoms with Gasteiger partial charge in [0.25, 0.3) is 0 Å². The number of benzene rings is 11. The predicted octanol–water partition coefficient (Wildman–Crippen LogP) is 16.9. The van der Waals surface area contributed by atoms with Gasteiger partial charge in [-0.15, -0.1) is 0 Å². The number of para-hydroxylation sites is 3. The van der Waals surface area contributed by atoms with E-state index in [1.165, 1.54) is 43.3 Å². The Morgan fingerprint density at radius 1 is 0.279 bits per heavy atom. The zero-order valence-corrected chi connectivity index (χ0v) is 33.0. The zero-order chi connectivity index (χ0) is 40.0. The fourth-order valence-corrected chi connectivity index (χ4v) is 9.86. The molecule has 0 aliphatic carbocycles. The first-order valence-corrected chi connectivity index (χ1v) is 20.8. The summed E-state index contributed by atoms with van der Waals surface area (Å²) in [5, 5.41) is 14.1. The molecule has 13 aromatic rings. The normalized spacial score (nSPS) is 11.9. The standard InChI is InChI=1S/C58H35NO2/c1-2-14-36(15-3-1)37-28-31-40(32-29-37)59(52-25-12-23-48-47-22-10-11-27-54(47)60-56(48)52)53-26-13-24-49-51-34-38-16-4-5-17-41(38)55(58(51)61-57(49)53)39-30-33-46-44-20-7-6-18-42(44)43-19-8-9-21-45(43)50(46)35-39/h1-35H. The van der Waals surface area contributed by atoms with Gasteiger partial charge in [0.05, 0.1) is 11.4 Å². The second-order valence-electron chi connectivity index (χ2n) is 16.0. The van der Waals surface area contributed by atoms with Crippen LogP contribution in [0, 0.1) is 0 Å². The molecule has 3 heteroatoms. The Bertz CT molecular complexity index is 3840. The molecule has 13 rings (SSSR count). The highest BCUT2D eigenvalue weighted by Gasteiger charge is 2.25. The number of fused-ring (bicyclic) bond motifs is 13. The molecule has 0 saturated heterocycles. The van der Waals surface area contributed by atoms with E-state index in [9.17, 15) is 0 Å². The fourth-order valence-electron chi connectivity index (χ4n) is 9.86. The van der Waals surface area contributed by atoms with Crippen LogP contribution in [-0.4, -0.2) is 0 Å². The van der Waals surface area contributed by atoms with E-state index in [1.807, 2.05) is 12.1 Å². The molecule has 0 aliphatic heterocycles. The average Bonchev–Trinajstić information content (AvgIpc) is 3.90. The Hall–Kier alpha value is -8.14. The largest absolute Gasteiger partial charge is 0.454 e. The molecule has 0 radical (unpaired) electrons. The van der Waals surface area contributed by atoms with Crippen molar-refractivity contribution >= 4 is 104 Å². The summed E-state index contributed by atoms with van der Waals surface area (Å²) in [5.41, 5.74) is 10.8. The van der Waals surface area contributed by atoms with Crippen molar-refractivity contribution in [2.45, 2.75) is 0 Å². The molecule has 284 valence electrons. The Balaban J connectivity index is 1.09. The summed E-state index contributed by atoms with van der Waals surface area (Å²) in [6.45, 7) is 0. The molecule has 2 aromatic heterocycles. The third-order valence-electron chi connectivity index (χ3n) is 12.6. The molecule has 11 aromatic carbocycles. The molecule has 0 atom stereocenters. The van der Waals surface area contributed by atoms with Crippen molar-refractivity contribution in [3.63, 3.8) is 0 Å². The molecule has 0 spiro atoms. The number of furan rings is 2. The van der Waals surface area contributed by atoms with Gasteiger partial charge in [-0.3, -0.25) is 0 Å². The lowest BCUT2D eigenvalue weighted by Crippen LogP contribution is -2.10. The maximum Gasteiger partial charge on any atom is 0.159 e. The summed E-state index contributed by atoms with van der Waals surface area (Å²) < 4.78 is 14.1. The Labute approximate surface area is 350 Å². The molecular weight excluding hydrogens is 743 g/mol. The molecule has 0 saturated carbocycles. The summed E-state index contributed by atoms with van der Waals surface area (Å²) in [4.78, 5) is 2.30. The minimum atomic E-state index is 0.812. The molecule has 0 bridgehead atoms. The van der Waals surface area contributed by atoms with Crippen LogP contribution >= 0.6 is 0 Å². The van der Waals surface area contributed by atoms with Crippen LogP contribution in [0.15, 0.2) is 221 Å². The number of nitrogens with zero attached hydrogens (tertiary/aromatic N) is 1. The summed E-state index contributed by atoms with van der Waals surface area (Å²) in [6, 6.07) is 76.0. The summed E-state index contributed by atoms with van der Waals surface area (Å²) in [6.07, 6.45) is 0. The van der Waals surface area contributed by atoms with Gasteiger partial charge in [-0.25, -0.2) is 0 Å². The van der Waals surface area contributed by atoms with Gasteiger partial charge in [-0.05, 0) is 102 Å². The van der Waals surface area contributed by atoms with Gasteiger partial charge >= 0.3 is 0 Å². The third kappa shape index (κ3) is 5.11. The van der Waals surface area contributed by atoms with E-state index in [-0.39, 0.29) is 0 Å². The number of rotatable bonds is 5. The molecule has 0 amide bonds. The van der Waals surface area contributed by atoms with Gasteiger partial charge in [0.2, 0.25) is 0 Å². The molecule has 0 fully saturated rings. The lowest BCUT2D eigenvalue weighted by atomic mass is 9.90. The van der Waals surface area contributed by atoms with Crippen molar-refractivity contribution in [1.82, 2.24) is 0 Å². The van der Waals surface area contributed by atoms with Crippen molar-refractivity contribution in [2.75, 3.05) is 4.90 Å². The molecule has 0 unspecified atom stereocenters. The molecule has 0 N–H and O–H groups in total. The maximum atomic E-state index is 7.36. The van der Waals surface area contributed by atoms with Crippen LogP contribution in [-0.2, 0) is 0 Å². The summed E-state index contributed by atoms with van der Waals surface area (Å²) in [5.74, 6) is 0. The summed E-state index contributed by atoms with van der Waals surface area (Å²) >= 11 is 0. The zero-order valence-electron chi connectivity index (χ0n) is 33.0. The van der Waals surface area contributed by atoms with Gasteiger partial charge in [-0.2, -0.15) is 0 Å². The smallest absolute Gasteiger partial charge is 0.159 e. The molecular formula is C58H35NO2. The van der Waals surface area contributed by atoms with Crippen LogP contribution in [0.4, 0.5) is 17.1 Å². The molecule has 61 heavy (non-hydrogen) atoms. The van der Waals surface area contributed by atoms with Crippen LogP contribution in [0.25, 0.3) is 109 Å². The minimum absolute atomic E-state index is 0.812. The van der Waals surface area contributed by atoms with Gasteiger partial charge in [0.15, 0.2) is 11.2 Å². The Morgan fingerprint density at radius 3 is 1.49 bits per heavy atom. The van der Waals surface area contributed by atoms with Crippen molar-refractivity contribution in [3.8, 4) is 22.3 Å². The van der Waals surface area contributed by atoms with E-state index in [4.69, 9.17) is 8.83 Å². The van der Waals surface area contributed by atoms with Crippen LogP contribution in [0.1, 0.15) is 0 Å². The molecule has 2 heterocycles. The minimum Gasteiger partial charge on any atom is -0.454 e. The quantitative estimate of drug-likeness (QED) is 0.163. The topological polar surface area (TPSA) is 29.5 Å². The first-order chi connectivity index (χ1) is 30.3. The molecule has 0 aliphatic rings. The van der Waals surface area contributed by atoms with Crippen molar-refractivity contribution in [2.24, 2.45) is 0 Å². The second kappa shape index (κ2) is 13.2. The number of anilines is 3. The van der Waals surface area contributed by atoms with Crippen LogP contribution in [0.3, 0.4) is 0 Å². The van der Waals surface area contributed by atoms with E-state index in [0.29, 0.717) is 0 Å². The monoisotopic (exact) mass is 777 g/mol. The lowest BCUT2D eigenvalue weighted by Gasteiger charge is -2.25. The van der Waals surface area contributed by atoms with Crippen LogP contribution in [0.2, 0.25) is 0 Å². The Morgan fingerprint density at radius 2 is 0.787 bits per heavy atom. The number of hydrogen-bond acceptors (Lipinski definition) is 3. The van der Waals surface area contributed by atoms with Gasteiger partial charge in [0.1, 0.15) is 11.2 Å². The molecule has 3 nitrogen and oxygen atoms in total. The SMILES string of the molecule is c1ccc(-c2ccc(N(c3cccc4c3oc3ccccc34)c3cccc4c3oc3c(-c5ccc6c7ccccc7c7ccccc7c6c5)c5ccccc5cc34)cc2)cc1. The summed E-state index contributed by atoms with van der Waals surface area (Å²) in [7, 11) is 0. The lowest BCUT2D eigenvalue weighted by molar-refractivity contribution is 0.667. The average molecular weight is 778 g/mol. The van der Waals surface area contributed by atoms with Crippen LogP contribution < -0.4 is 4.90 Å². The van der Waals surface area contributed by atoms with Crippen LogP contribution in [0.5, 0.6) is 0 Å². The Kier molecular flexibility index (Phi) is 7.31. The van der Waals surface area contributed by atoms with E-state index in [0.717, 1.165) is 83.0 Å². The van der Waals surface area contributed by atoms with Gasteiger partial charge in [-0.1, -0.05) is 170 Å². The number of hydrogen-bond donors (Lipinski definition) is 0. The first-order valence-electron chi connectivity index (χ1n) is 20.8. The third-order valence-corrected chi connectivity index (χ3v) is 12.6. The van der Waals surface area contributed by atoms with E-state index in [1.54, 1.807) is 0 Å². The van der Waals surface area contributed by atoms with E-state index >= 15 is 0 Å².